The molecule has 198 valence electrons. The monoisotopic (exact) mass is 517 g/mol. The van der Waals surface area contributed by atoms with Gasteiger partial charge in [0.2, 0.25) is 5.91 Å². The molecular weight excluding hydrogens is 485 g/mol. The van der Waals surface area contributed by atoms with Crippen LogP contribution in [-0.2, 0) is 4.79 Å². The Bertz CT molecular complexity index is 1260. The molecule has 1 aliphatic carbocycles. The lowest BCUT2D eigenvalue weighted by Crippen LogP contribution is -2.45. The molecule has 8 nitrogen and oxygen atoms in total. The molecule has 0 spiro atoms. The highest BCUT2D eigenvalue weighted by atomic mass is 19.1. The summed E-state index contributed by atoms with van der Waals surface area (Å²) in [5.74, 6) is 1.36. The van der Waals surface area contributed by atoms with Crippen LogP contribution in [0, 0.1) is 11.7 Å². The molecule has 1 saturated heterocycles. The highest BCUT2D eigenvalue weighted by Gasteiger charge is 2.30. The zero-order valence-electron chi connectivity index (χ0n) is 21.6. The maximum absolute atomic E-state index is 13.3. The van der Waals surface area contributed by atoms with E-state index in [0.29, 0.717) is 49.1 Å². The normalized spacial score (nSPS) is 15.6. The topological polar surface area (TPSA) is 78.9 Å². The lowest BCUT2D eigenvalue weighted by Gasteiger charge is -2.27. The molecule has 3 aromatic rings. The Labute approximate surface area is 222 Å². The Hall–Kier alpha value is -4.01. The number of nitrogens with zero attached hydrogens (tertiary/aromatic N) is 5. The summed E-state index contributed by atoms with van der Waals surface area (Å²) in [5.41, 5.74) is 2.01. The van der Waals surface area contributed by atoms with E-state index in [1.165, 1.54) is 12.1 Å². The van der Waals surface area contributed by atoms with Crippen LogP contribution in [0.5, 0.6) is 5.75 Å². The Balaban J connectivity index is 1.21. The molecular formula is C29H32FN5O3. The van der Waals surface area contributed by atoms with E-state index in [1.54, 1.807) is 48.4 Å². The van der Waals surface area contributed by atoms with Crippen molar-refractivity contribution in [3.63, 3.8) is 0 Å². The maximum Gasteiger partial charge on any atom is 0.254 e. The number of anilines is 1. The summed E-state index contributed by atoms with van der Waals surface area (Å²) in [4.78, 5) is 32.3. The second-order valence-electron chi connectivity index (χ2n) is 9.87. The third kappa shape index (κ3) is 6.27. The number of hydrogen-bond acceptors (Lipinski definition) is 6. The summed E-state index contributed by atoms with van der Waals surface area (Å²) >= 11 is 0. The molecule has 0 atom stereocenters. The van der Waals surface area contributed by atoms with E-state index in [4.69, 9.17) is 4.74 Å². The molecule has 9 heteroatoms. The molecule has 0 bridgehead atoms. The van der Waals surface area contributed by atoms with Crippen molar-refractivity contribution in [3.8, 4) is 17.0 Å². The molecule has 1 aliphatic heterocycles. The Morgan fingerprint density at radius 2 is 1.82 bits per heavy atom. The number of methoxy groups -OCH3 is 1. The molecule has 1 aromatic heterocycles. The van der Waals surface area contributed by atoms with Gasteiger partial charge in [-0.2, -0.15) is 0 Å². The number of amides is 2. The fourth-order valence-electron chi connectivity index (χ4n) is 4.70. The first-order valence-electron chi connectivity index (χ1n) is 13.1. The van der Waals surface area contributed by atoms with Crippen LogP contribution in [0.15, 0.2) is 60.7 Å². The number of hydrogen-bond donors (Lipinski definition) is 0. The van der Waals surface area contributed by atoms with Crippen molar-refractivity contribution in [1.82, 2.24) is 20.0 Å². The van der Waals surface area contributed by atoms with Crippen LogP contribution >= 0.6 is 0 Å². The Kier molecular flexibility index (Phi) is 7.81. The predicted molar refractivity (Wildman–Crippen MR) is 142 cm³/mol. The van der Waals surface area contributed by atoms with Crippen LogP contribution in [0.1, 0.15) is 29.6 Å². The summed E-state index contributed by atoms with van der Waals surface area (Å²) in [5, 5.41) is 8.71. The molecule has 1 saturated carbocycles. The summed E-state index contributed by atoms with van der Waals surface area (Å²) < 4.78 is 18.5. The van der Waals surface area contributed by atoms with Crippen molar-refractivity contribution in [2.24, 2.45) is 5.92 Å². The highest BCUT2D eigenvalue weighted by Crippen LogP contribution is 2.30. The number of carbonyl (C=O) groups is 2. The van der Waals surface area contributed by atoms with Crippen molar-refractivity contribution in [1.29, 1.82) is 0 Å². The van der Waals surface area contributed by atoms with Crippen molar-refractivity contribution in [3.05, 3.63) is 72.0 Å². The highest BCUT2D eigenvalue weighted by molar-refractivity contribution is 5.97. The average Bonchev–Trinajstić information content (AvgIpc) is 3.80. The third-order valence-corrected chi connectivity index (χ3v) is 7.07. The molecule has 2 amide bonds. The largest absolute Gasteiger partial charge is 0.497 e. The summed E-state index contributed by atoms with van der Waals surface area (Å²) in [6.07, 6.45) is 2.98. The summed E-state index contributed by atoms with van der Waals surface area (Å²) in [6.45, 7) is 3.22. The van der Waals surface area contributed by atoms with Gasteiger partial charge in [0.15, 0.2) is 5.82 Å². The van der Waals surface area contributed by atoms with Crippen LogP contribution in [-0.4, -0.2) is 78.2 Å². The van der Waals surface area contributed by atoms with Gasteiger partial charge in [-0.3, -0.25) is 9.59 Å². The first-order chi connectivity index (χ1) is 18.5. The van der Waals surface area contributed by atoms with Crippen molar-refractivity contribution in [2.75, 3.05) is 51.3 Å². The summed E-state index contributed by atoms with van der Waals surface area (Å²) in [6, 6.07) is 17.0. The lowest BCUT2D eigenvalue weighted by atomic mass is 10.1. The van der Waals surface area contributed by atoms with E-state index in [9.17, 15) is 14.0 Å². The standard InChI is InChI=1S/C29H32FN5O3/c1-38-25-5-2-4-23(18-25)29(37)35(19-21-6-7-21)20-28(36)34-15-3-14-33(16-17-34)27-13-12-26(31-32-27)22-8-10-24(30)11-9-22/h2,4-5,8-13,18,21H,3,6-7,14-17,19-20H2,1H3. The summed E-state index contributed by atoms with van der Waals surface area (Å²) in [7, 11) is 1.57. The Morgan fingerprint density at radius 1 is 1.00 bits per heavy atom. The van der Waals surface area contributed by atoms with Crippen LogP contribution in [0.25, 0.3) is 11.3 Å². The minimum atomic E-state index is -0.290. The Morgan fingerprint density at radius 3 is 2.53 bits per heavy atom. The quantitative estimate of drug-likeness (QED) is 0.451. The number of halogens is 1. The van der Waals surface area contributed by atoms with Crippen LogP contribution in [0.4, 0.5) is 10.2 Å². The zero-order valence-corrected chi connectivity index (χ0v) is 21.6. The maximum atomic E-state index is 13.3. The van der Waals surface area contributed by atoms with Gasteiger partial charge in [-0.25, -0.2) is 4.39 Å². The fraction of sp³-hybridized carbons (Fsp3) is 0.379. The SMILES string of the molecule is COc1cccc(C(=O)N(CC(=O)N2CCCN(c3ccc(-c4ccc(F)cc4)nn3)CC2)CC2CC2)c1. The molecule has 2 aliphatic rings. The van der Waals surface area contributed by atoms with Gasteiger partial charge in [0.25, 0.3) is 5.91 Å². The van der Waals surface area contributed by atoms with Crippen LogP contribution < -0.4 is 9.64 Å². The first kappa shape index (κ1) is 25.6. The van der Waals surface area contributed by atoms with Gasteiger partial charge in [-0.05, 0) is 79.8 Å². The molecule has 2 fully saturated rings. The van der Waals surface area contributed by atoms with Gasteiger partial charge in [0.05, 0.1) is 12.8 Å². The van der Waals surface area contributed by atoms with Crippen molar-refractivity contribution < 1.29 is 18.7 Å². The van der Waals surface area contributed by atoms with Gasteiger partial charge < -0.3 is 19.4 Å². The van der Waals surface area contributed by atoms with Crippen molar-refractivity contribution in [2.45, 2.75) is 19.3 Å². The third-order valence-electron chi connectivity index (χ3n) is 7.07. The molecule has 0 N–H and O–H groups in total. The van der Waals surface area contributed by atoms with E-state index >= 15 is 0 Å². The van der Waals surface area contributed by atoms with E-state index in [2.05, 4.69) is 15.1 Å². The van der Waals surface area contributed by atoms with E-state index in [-0.39, 0.29) is 24.2 Å². The number of ether oxygens (including phenoxy) is 1. The molecule has 0 radical (unpaired) electrons. The number of carbonyl (C=O) groups excluding carboxylic acids is 2. The van der Waals surface area contributed by atoms with E-state index in [0.717, 1.165) is 37.2 Å². The predicted octanol–water partition coefficient (Wildman–Crippen LogP) is 3.88. The molecule has 2 heterocycles. The number of rotatable bonds is 8. The van der Waals surface area contributed by atoms with E-state index < -0.39 is 0 Å². The van der Waals surface area contributed by atoms with Gasteiger partial charge in [-0.1, -0.05) is 6.07 Å². The van der Waals surface area contributed by atoms with Gasteiger partial charge in [0, 0.05) is 43.9 Å². The molecule has 0 unspecified atom stereocenters. The van der Waals surface area contributed by atoms with Crippen LogP contribution in [0.2, 0.25) is 0 Å². The van der Waals surface area contributed by atoms with Gasteiger partial charge in [0.1, 0.15) is 18.1 Å². The number of benzene rings is 2. The lowest BCUT2D eigenvalue weighted by molar-refractivity contribution is -0.131. The van der Waals surface area contributed by atoms with E-state index in [1.807, 2.05) is 17.0 Å². The average molecular weight is 518 g/mol. The first-order valence-corrected chi connectivity index (χ1v) is 13.1. The van der Waals surface area contributed by atoms with Crippen molar-refractivity contribution >= 4 is 17.6 Å². The number of aromatic nitrogens is 2. The minimum absolute atomic E-state index is 0.0403. The zero-order chi connectivity index (χ0) is 26.5. The van der Waals surface area contributed by atoms with Gasteiger partial charge in [-0.15, -0.1) is 10.2 Å². The van der Waals surface area contributed by atoms with Gasteiger partial charge >= 0.3 is 0 Å². The fourth-order valence-corrected chi connectivity index (χ4v) is 4.70. The minimum Gasteiger partial charge on any atom is -0.497 e. The second kappa shape index (κ2) is 11.6. The second-order valence-corrected chi connectivity index (χ2v) is 9.87. The molecule has 2 aromatic carbocycles. The van der Waals surface area contributed by atoms with Crippen LogP contribution in [0.3, 0.4) is 0 Å². The molecule has 5 rings (SSSR count). The molecule has 38 heavy (non-hydrogen) atoms. The smallest absolute Gasteiger partial charge is 0.254 e.